The fourth-order valence-corrected chi connectivity index (χ4v) is 1.41. The van der Waals surface area contributed by atoms with E-state index in [1.165, 1.54) is 0 Å². The Morgan fingerprint density at radius 3 is 2.53 bits per heavy atom. The molecule has 1 rings (SSSR count). The molecule has 0 spiro atoms. The van der Waals surface area contributed by atoms with Crippen molar-refractivity contribution in [1.82, 2.24) is 9.88 Å². The molecule has 0 radical (unpaired) electrons. The van der Waals surface area contributed by atoms with E-state index in [0.29, 0.717) is 12.8 Å². The number of rotatable bonds is 5. The van der Waals surface area contributed by atoms with Crippen LogP contribution in [0.15, 0.2) is 24.5 Å². The Labute approximate surface area is 102 Å². The van der Waals surface area contributed by atoms with E-state index >= 15 is 0 Å². The molecule has 17 heavy (non-hydrogen) atoms. The van der Waals surface area contributed by atoms with Crippen molar-refractivity contribution in [3.05, 3.63) is 30.1 Å². The van der Waals surface area contributed by atoms with Gasteiger partial charge in [0.15, 0.2) is 0 Å². The van der Waals surface area contributed by atoms with Crippen LogP contribution in [0.4, 0.5) is 0 Å². The molecule has 0 aliphatic heterocycles. The number of hydrogen-bond acceptors (Lipinski definition) is 3. The number of aryl methyl sites for hydroxylation is 1. The molecule has 4 heteroatoms. The van der Waals surface area contributed by atoms with Crippen LogP contribution < -0.4 is 0 Å². The maximum Gasteiger partial charge on any atom is 0.223 e. The van der Waals surface area contributed by atoms with Gasteiger partial charge in [0.1, 0.15) is 0 Å². The van der Waals surface area contributed by atoms with E-state index in [1.54, 1.807) is 24.3 Å². The number of hydrogen-bond donors (Lipinski definition) is 1. The molecule has 4 nitrogen and oxygen atoms in total. The second-order valence-corrected chi connectivity index (χ2v) is 4.78. The van der Waals surface area contributed by atoms with E-state index in [4.69, 9.17) is 0 Å². The molecule has 0 aliphatic carbocycles. The molecule has 0 bridgehead atoms. The Morgan fingerprint density at radius 1 is 1.41 bits per heavy atom. The van der Waals surface area contributed by atoms with Crippen LogP contribution >= 0.6 is 0 Å². The molecule has 0 unspecified atom stereocenters. The molecule has 1 aromatic heterocycles. The topological polar surface area (TPSA) is 53.4 Å². The number of likely N-dealkylation sites (N-methyl/N-ethyl adjacent to an activating group) is 1. The van der Waals surface area contributed by atoms with Crippen molar-refractivity contribution in [1.29, 1.82) is 0 Å². The second-order valence-electron chi connectivity index (χ2n) is 4.78. The Balaban J connectivity index is 2.51. The average Bonchev–Trinajstić information content (AvgIpc) is 2.36. The zero-order valence-corrected chi connectivity index (χ0v) is 10.7. The summed E-state index contributed by atoms with van der Waals surface area (Å²) in [5.74, 6) is 0.0425. The first kappa shape index (κ1) is 13.6. The number of carbonyl (C=O) groups is 1. The van der Waals surface area contributed by atoms with Gasteiger partial charge in [0.05, 0.1) is 12.1 Å². The lowest BCUT2D eigenvalue weighted by atomic mass is 10.0. The highest BCUT2D eigenvalue weighted by molar-refractivity contribution is 5.77. The predicted octanol–water partition coefficient (Wildman–Crippen LogP) is 1.24. The highest BCUT2D eigenvalue weighted by Gasteiger charge is 2.26. The summed E-state index contributed by atoms with van der Waals surface area (Å²) in [7, 11) is 1.73. The van der Waals surface area contributed by atoms with Gasteiger partial charge in [-0.3, -0.25) is 9.78 Å². The third kappa shape index (κ3) is 3.82. The molecule has 1 N–H and O–H groups in total. The Hall–Kier alpha value is -1.42. The highest BCUT2D eigenvalue weighted by Crippen LogP contribution is 2.13. The van der Waals surface area contributed by atoms with Crippen molar-refractivity contribution in [2.45, 2.75) is 32.2 Å². The van der Waals surface area contributed by atoms with Gasteiger partial charge < -0.3 is 10.0 Å². The molecule has 94 valence electrons. The van der Waals surface area contributed by atoms with Crippen LogP contribution in [0.5, 0.6) is 0 Å². The van der Waals surface area contributed by atoms with Crippen molar-refractivity contribution in [2.75, 3.05) is 13.7 Å². The van der Waals surface area contributed by atoms with Crippen molar-refractivity contribution >= 4 is 5.91 Å². The number of carbonyl (C=O) groups excluding carboxylic acids is 1. The molecule has 0 saturated carbocycles. The van der Waals surface area contributed by atoms with Gasteiger partial charge in [0.2, 0.25) is 5.91 Å². The van der Waals surface area contributed by atoms with E-state index in [2.05, 4.69) is 4.98 Å². The first-order valence-corrected chi connectivity index (χ1v) is 5.74. The summed E-state index contributed by atoms with van der Waals surface area (Å²) in [4.78, 5) is 17.5. The van der Waals surface area contributed by atoms with E-state index in [0.717, 1.165) is 5.56 Å². The van der Waals surface area contributed by atoms with Crippen molar-refractivity contribution in [3.63, 3.8) is 0 Å². The zero-order chi connectivity index (χ0) is 12.9. The summed E-state index contributed by atoms with van der Waals surface area (Å²) >= 11 is 0. The first-order valence-electron chi connectivity index (χ1n) is 5.74. The SMILES string of the molecule is CN(C(=O)CCc1ccncc1)C(C)(C)CO. The van der Waals surface area contributed by atoms with Crippen LogP contribution in [-0.2, 0) is 11.2 Å². The molecule has 1 heterocycles. The summed E-state index contributed by atoms with van der Waals surface area (Å²) in [6.07, 6.45) is 4.60. The molecule has 0 saturated heterocycles. The lowest BCUT2D eigenvalue weighted by Crippen LogP contribution is -2.47. The third-order valence-electron chi connectivity index (χ3n) is 3.05. The van der Waals surface area contributed by atoms with E-state index in [-0.39, 0.29) is 12.5 Å². The van der Waals surface area contributed by atoms with Crippen LogP contribution in [-0.4, -0.2) is 40.1 Å². The summed E-state index contributed by atoms with van der Waals surface area (Å²) in [5.41, 5.74) is 0.596. The summed E-state index contributed by atoms with van der Waals surface area (Å²) in [5, 5.41) is 9.20. The summed E-state index contributed by atoms with van der Waals surface area (Å²) < 4.78 is 0. The minimum absolute atomic E-state index is 0.0372. The van der Waals surface area contributed by atoms with Gasteiger partial charge in [-0.15, -0.1) is 0 Å². The lowest BCUT2D eigenvalue weighted by molar-refractivity contribution is -0.135. The quantitative estimate of drug-likeness (QED) is 0.837. The number of aromatic nitrogens is 1. The van der Waals surface area contributed by atoms with E-state index in [9.17, 15) is 9.90 Å². The maximum absolute atomic E-state index is 11.9. The molecular weight excluding hydrogens is 216 g/mol. The first-order chi connectivity index (χ1) is 7.97. The number of aliphatic hydroxyl groups is 1. The van der Waals surface area contributed by atoms with Gasteiger partial charge in [0.25, 0.3) is 0 Å². The minimum Gasteiger partial charge on any atom is -0.394 e. The summed E-state index contributed by atoms with van der Waals surface area (Å²) in [6, 6.07) is 3.81. The molecule has 0 aliphatic rings. The average molecular weight is 236 g/mol. The highest BCUT2D eigenvalue weighted by atomic mass is 16.3. The second kappa shape index (κ2) is 5.77. The standard InChI is InChI=1S/C13H20N2O2/c1-13(2,10-16)15(3)12(17)5-4-11-6-8-14-9-7-11/h6-9,16H,4-5,10H2,1-3H3. The molecule has 0 atom stereocenters. The van der Waals surface area contributed by atoms with Gasteiger partial charge in [-0.25, -0.2) is 0 Å². The molecular formula is C13H20N2O2. The van der Waals surface area contributed by atoms with Crippen LogP contribution in [0.25, 0.3) is 0 Å². The third-order valence-corrected chi connectivity index (χ3v) is 3.05. The molecule has 0 fully saturated rings. The molecule has 1 amide bonds. The molecule has 1 aromatic rings. The lowest BCUT2D eigenvalue weighted by Gasteiger charge is -2.34. The maximum atomic E-state index is 11.9. The smallest absolute Gasteiger partial charge is 0.223 e. The van der Waals surface area contributed by atoms with E-state index < -0.39 is 5.54 Å². The normalized spacial score (nSPS) is 11.3. The number of aliphatic hydroxyl groups excluding tert-OH is 1. The van der Waals surface area contributed by atoms with Crippen molar-refractivity contribution < 1.29 is 9.90 Å². The molecule has 0 aromatic carbocycles. The van der Waals surface area contributed by atoms with Crippen LogP contribution in [0.3, 0.4) is 0 Å². The number of amides is 1. The minimum atomic E-state index is -0.505. The Bertz CT molecular complexity index is 363. The largest absolute Gasteiger partial charge is 0.394 e. The van der Waals surface area contributed by atoms with Gasteiger partial charge in [-0.05, 0) is 38.0 Å². The van der Waals surface area contributed by atoms with Gasteiger partial charge in [-0.2, -0.15) is 0 Å². The summed E-state index contributed by atoms with van der Waals surface area (Å²) in [6.45, 7) is 3.65. The number of pyridine rings is 1. The predicted molar refractivity (Wildman–Crippen MR) is 66.5 cm³/mol. The van der Waals surface area contributed by atoms with Crippen LogP contribution in [0.2, 0.25) is 0 Å². The Kier molecular flexibility index (Phi) is 4.63. The van der Waals surface area contributed by atoms with Gasteiger partial charge in [0, 0.05) is 25.9 Å². The van der Waals surface area contributed by atoms with Gasteiger partial charge in [-0.1, -0.05) is 0 Å². The Morgan fingerprint density at radius 2 is 2.00 bits per heavy atom. The van der Waals surface area contributed by atoms with E-state index in [1.807, 2.05) is 26.0 Å². The van der Waals surface area contributed by atoms with Gasteiger partial charge >= 0.3 is 0 Å². The fraction of sp³-hybridized carbons (Fsp3) is 0.538. The van der Waals surface area contributed by atoms with Crippen molar-refractivity contribution in [2.24, 2.45) is 0 Å². The zero-order valence-electron chi connectivity index (χ0n) is 10.7. The van der Waals surface area contributed by atoms with Crippen LogP contribution in [0.1, 0.15) is 25.8 Å². The fourth-order valence-electron chi connectivity index (χ4n) is 1.41. The monoisotopic (exact) mass is 236 g/mol. The number of nitrogens with zero attached hydrogens (tertiary/aromatic N) is 2. The van der Waals surface area contributed by atoms with Crippen LogP contribution in [0, 0.1) is 0 Å². The van der Waals surface area contributed by atoms with Crippen molar-refractivity contribution in [3.8, 4) is 0 Å².